The van der Waals surface area contributed by atoms with Gasteiger partial charge in [-0.05, 0) is 24.6 Å². The number of anilines is 1. The fourth-order valence-electron chi connectivity index (χ4n) is 2.85. The van der Waals surface area contributed by atoms with E-state index in [-0.39, 0.29) is 11.7 Å². The molecule has 1 atom stereocenters. The first-order chi connectivity index (χ1) is 10.4. The Hall–Kier alpha value is -0.680. The number of ketones is 1. The van der Waals surface area contributed by atoms with E-state index in [1.807, 2.05) is 12.1 Å². The number of alkyl halides is 1. The molecule has 1 aliphatic heterocycles. The number of unbranched alkanes of at least 4 members (excludes halogenated alkanes) is 4. The van der Waals surface area contributed by atoms with Crippen molar-refractivity contribution in [1.82, 2.24) is 0 Å². The fraction of sp³-hybridized carbons (Fsp3) is 0.529. The van der Waals surface area contributed by atoms with Gasteiger partial charge in [0.05, 0.1) is 5.69 Å². The number of halogens is 2. The molecule has 1 heterocycles. The highest BCUT2D eigenvalue weighted by Crippen LogP contribution is 2.41. The highest BCUT2D eigenvalue weighted by molar-refractivity contribution is 9.10. The predicted molar refractivity (Wildman–Crippen MR) is 96.9 cm³/mol. The van der Waals surface area contributed by atoms with Gasteiger partial charge in [0.2, 0.25) is 0 Å². The smallest absolute Gasteiger partial charge is 0.251 e. The van der Waals surface area contributed by atoms with Gasteiger partial charge in [0.1, 0.15) is 0 Å². The first kappa shape index (κ1) is 17.7. The van der Waals surface area contributed by atoms with Crippen LogP contribution in [0, 0.1) is 0 Å². The summed E-state index contributed by atoms with van der Waals surface area (Å²) in [7, 11) is 1.73. The molecule has 22 heavy (non-hydrogen) atoms. The van der Waals surface area contributed by atoms with Crippen LogP contribution in [0.2, 0.25) is 0 Å². The molecular weight excluding hydrogens is 410 g/mol. The van der Waals surface area contributed by atoms with Crippen molar-refractivity contribution in [1.29, 1.82) is 0 Å². The quantitative estimate of drug-likeness (QED) is 0.357. The molecule has 0 N–H and O–H groups in total. The van der Waals surface area contributed by atoms with Gasteiger partial charge in [-0.2, -0.15) is 0 Å². The molecule has 0 aromatic heterocycles. The Morgan fingerprint density at radius 1 is 1.14 bits per heavy atom. The van der Waals surface area contributed by atoms with E-state index in [0.29, 0.717) is 17.7 Å². The third-order valence-corrected chi connectivity index (χ3v) is 5.78. The molecule has 1 amide bonds. The number of hydrogen-bond acceptors (Lipinski definition) is 2. The third kappa shape index (κ3) is 3.30. The third-order valence-electron chi connectivity index (χ3n) is 4.19. The van der Waals surface area contributed by atoms with Crippen LogP contribution in [0.15, 0.2) is 22.7 Å². The summed E-state index contributed by atoms with van der Waals surface area (Å²) in [6.45, 7) is 2.17. The summed E-state index contributed by atoms with van der Waals surface area (Å²) >= 11 is 6.86. The zero-order valence-corrected chi connectivity index (χ0v) is 16.2. The number of rotatable bonds is 6. The predicted octanol–water partition coefficient (Wildman–Crippen LogP) is 5.10. The maximum atomic E-state index is 12.8. The Balaban J connectivity index is 2.20. The lowest BCUT2D eigenvalue weighted by molar-refractivity contribution is -0.119. The van der Waals surface area contributed by atoms with Gasteiger partial charge in [-0.15, -0.1) is 0 Å². The van der Waals surface area contributed by atoms with E-state index in [1.165, 1.54) is 12.8 Å². The van der Waals surface area contributed by atoms with E-state index >= 15 is 0 Å². The van der Waals surface area contributed by atoms with Crippen molar-refractivity contribution < 1.29 is 9.59 Å². The van der Waals surface area contributed by atoms with Gasteiger partial charge in [0.15, 0.2) is 10.1 Å². The molecule has 1 aromatic carbocycles. The maximum absolute atomic E-state index is 12.8. The lowest BCUT2D eigenvalue weighted by Crippen LogP contribution is -2.53. The van der Waals surface area contributed by atoms with Gasteiger partial charge in [0, 0.05) is 17.1 Å². The topological polar surface area (TPSA) is 37.4 Å². The Morgan fingerprint density at radius 2 is 1.82 bits per heavy atom. The van der Waals surface area contributed by atoms with Gasteiger partial charge in [0.25, 0.3) is 5.91 Å². The zero-order valence-electron chi connectivity index (χ0n) is 13.0. The van der Waals surface area contributed by atoms with Crippen LogP contribution in [0.25, 0.3) is 0 Å². The fourth-order valence-corrected chi connectivity index (χ4v) is 3.96. The van der Waals surface area contributed by atoms with Gasteiger partial charge >= 0.3 is 0 Å². The average Bonchev–Trinajstić information content (AvgIpc) is 2.51. The zero-order chi connectivity index (χ0) is 16.3. The Labute approximate surface area is 148 Å². The number of fused-ring (bicyclic) bond motifs is 1. The Bertz CT molecular complexity index is 588. The van der Waals surface area contributed by atoms with Crippen molar-refractivity contribution in [3.63, 3.8) is 0 Å². The number of nitrogens with zero attached hydrogens (tertiary/aromatic N) is 1. The second-order valence-electron chi connectivity index (χ2n) is 5.82. The summed E-state index contributed by atoms with van der Waals surface area (Å²) in [6, 6.07) is 5.45. The number of amides is 1. The molecule has 1 aliphatic rings. The monoisotopic (exact) mass is 429 g/mol. The van der Waals surface area contributed by atoms with E-state index < -0.39 is 4.32 Å². The second kappa shape index (κ2) is 7.26. The van der Waals surface area contributed by atoms with E-state index in [4.69, 9.17) is 0 Å². The molecule has 2 rings (SSSR count). The summed E-state index contributed by atoms with van der Waals surface area (Å²) in [5, 5.41) is 0. The van der Waals surface area contributed by atoms with Crippen LogP contribution in [-0.2, 0) is 4.79 Å². The maximum Gasteiger partial charge on any atom is 0.251 e. The molecule has 1 unspecified atom stereocenters. The summed E-state index contributed by atoms with van der Waals surface area (Å²) in [5.74, 6) is -0.285. The Kier molecular flexibility index (Phi) is 5.83. The van der Waals surface area contributed by atoms with Gasteiger partial charge in [-0.25, -0.2) is 0 Å². The van der Waals surface area contributed by atoms with Crippen molar-refractivity contribution in [3.8, 4) is 0 Å². The molecule has 0 saturated carbocycles. The molecule has 120 valence electrons. The Morgan fingerprint density at radius 3 is 2.50 bits per heavy atom. The molecule has 0 bridgehead atoms. The molecular formula is C17H21Br2NO2. The molecule has 0 aliphatic carbocycles. The minimum atomic E-state index is -1.10. The molecule has 0 radical (unpaired) electrons. The van der Waals surface area contributed by atoms with Crippen LogP contribution >= 0.6 is 31.9 Å². The molecule has 0 saturated heterocycles. The van der Waals surface area contributed by atoms with Crippen LogP contribution in [0.5, 0.6) is 0 Å². The second-order valence-corrected chi connectivity index (χ2v) is 8.09. The molecule has 5 heteroatoms. The number of carbonyl (C=O) groups is 2. The lowest BCUT2D eigenvalue weighted by atomic mass is 9.86. The number of Topliss-reactive ketones (excluding diaryl/α,β-unsaturated/α-hetero) is 1. The minimum Gasteiger partial charge on any atom is -0.313 e. The first-order valence-electron chi connectivity index (χ1n) is 7.73. The highest BCUT2D eigenvalue weighted by atomic mass is 79.9. The van der Waals surface area contributed by atoms with E-state index in [1.54, 1.807) is 18.0 Å². The lowest BCUT2D eigenvalue weighted by Gasteiger charge is -2.36. The van der Waals surface area contributed by atoms with Gasteiger partial charge < -0.3 is 4.90 Å². The standard InChI is InChI=1S/C17H21Br2NO2/c1-3-4-5-6-7-10-17(19)15(21)13-9-8-12(18)11-14(13)20(2)16(17)22/h8-9,11H,3-7,10H2,1-2H3. The molecule has 0 fully saturated rings. The summed E-state index contributed by atoms with van der Waals surface area (Å²) < 4.78 is -0.241. The molecule has 1 aromatic rings. The van der Waals surface area contributed by atoms with E-state index in [9.17, 15) is 9.59 Å². The largest absolute Gasteiger partial charge is 0.313 e. The van der Waals surface area contributed by atoms with E-state index in [2.05, 4.69) is 38.8 Å². The number of hydrogen-bond donors (Lipinski definition) is 0. The summed E-state index contributed by atoms with van der Waals surface area (Å²) in [4.78, 5) is 27.1. The highest BCUT2D eigenvalue weighted by Gasteiger charge is 2.49. The van der Waals surface area contributed by atoms with Crippen LogP contribution in [0.4, 0.5) is 5.69 Å². The van der Waals surface area contributed by atoms with Crippen molar-refractivity contribution in [2.75, 3.05) is 11.9 Å². The molecule has 3 nitrogen and oxygen atoms in total. The SMILES string of the molecule is CCCCCCCC1(Br)C(=O)c2ccc(Br)cc2N(C)C1=O. The number of carbonyl (C=O) groups excluding carboxylic acids is 2. The summed E-state index contributed by atoms with van der Waals surface area (Å²) in [6.07, 6.45) is 6.02. The van der Waals surface area contributed by atoms with E-state index in [0.717, 1.165) is 23.7 Å². The normalized spacial score (nSPS) is 21.2. The van der Waals surface area contributed by atoms with Gasteiger partial charge in [-0.1, -0.05) is 70.9 Å². The van der Waals surface area contributed by atoms with Crippen LogP contribution in [0.3, 0.4) is 0 Å². The van der Waals surface area contributed by atoms with Crippen molar-refractivity contribution in [2.45, 2.75) is 49.8 Å². The van der Waals surface area contributed by atoms with Crippen LogP contribution in [0.1, 0.15) is 55.8 Å². The van der Waals surface area contributed by atoms with Crippen molar-refractivity contribution >= 4 is 49.2 Å². The van der Waals surface area contributed by atoms with Crippen molar-refractivity contribution in [3.05, 3.63) is 28.2 Å². The minimum absolute atomic E-state index is 0.117. The van der Waals surface area contributed by atoms with Crippen molar-refractivity contribution in [2.24, 2.45) is 0 Å². The van der Waals surface area contributed by atoms with Crippen LogP contribution < -0.4 is 4.90 Å². The number of benzene rings is 1. The average molecular weight is 431 g/mol. The first-order valence-corrected chi connectivity index (χ1v) is 9.32. The molecule has 0 spiro atoms. The van der Waals surface area contributed by atoms with Gasteiger partial charge in [-0.3, -0.25) is 9.59 Å². The van der Waals surface area contributed by atoms with Crippen LogP contribution in [-0.4, -0.2) is 23.1 Å². The summed E-state index contributed by atoms with van der Waals surface area (Å²) in [5.41, 5.74) is 1.28.